The summed E-state index contributed by atoms with van der Waals surface area (Å²) in [6, 6.07) is 0. The lowest BCUT2D eigenvalue weighted by molar-refractivity contribution is -0.402. The third kappa shape index (κ3) is 389. The highest BCUT2D eigenvalue weighted by atomic mass is 16.9. The molecular formula is C3H17N5O8. The molecule has 0 bridgehead atoms. The first-order chi connectivity index (χ1) is 5.79. The maximum absolute atomic E-state index is 9.34. The van der Waals surface area contributed by atoms with Gasteiger partial charge in [-0.15, -0.1) is 5.34 Å². The van der Waals surface area contributed by atoms with Crippen molar-refractivity contribution in [2.75, 3.05) is 0 Å². The molecule has 0 aromatic rings. The molecule has 0 aliphatic heterocycles. The van der Waals surface area contributed by atoms with E-state index in [0.717, 1.165) is 12.3 Å². The van der Waals surface area contributed by atoms with Crippen molar-refractivity contribution in [1.82, 2.24) is 18.5 Å². The van der Waals surface area contributed by atoms with Crippen LogP contribution >= 0.6 is 0 Å². The van der Waals surface area contributed by atoms with Crippen LogP contribution in [0.5, 0.6) is 0 Å². The van der Waals surface area contributed by atoms with Gasteiger partial charge in [0.1, 0.15) is 0 Å². The summed E-state index contributed by atoms with van der Waals surface area (Å²) in [5, 5.41) is 41.1. The predicted molar refractivity (Wildman–Crippen MR) is 54.2 cm³/mol. The molecule has 13 nitrogen and oxygen atoms in total. The second-order valence-electron chi connectivity index (χ2n) is 1.29. The molecule has 0 amide bonds. The summed E-state index contributed by atoms with van der Waals surface area (Å²) < 4.78 is 0. The highest BCUT2D eigenvalue weighted by Gasteiger charge is 1.89. The van der Waals surface area contributed by atoms with E-state index >= 15 is 0 Å². The molecule has 13 heteroatoms. The van der Waals surface area contributed by atoms with E-state index in [2.05, 4.69) is 0 Å². The molecule has 0 saturated carbocycles. The van der Waals surface area contributed by atoms with Crippen LogP contribution in [-0.4, -0.2) is 22.3 Å². The highest BCUT2D eigenvalue weighted by Crippen LogP contribution is 1.69. The van der Waals surface area contributed by atoms with Crippen LogP contribution in [0, 0.1) is 25.4 Å². The summed E-state index contributed by atoms with van der Waals surface area (Å²) in [5.74, 6) is -1.44. The van der Waals surface area contributed by atoms with E-state index in [9.17, 15) is 9.90 Å². The summed E-state index contributed by atoms with van der Waals surface area (Å²) in [5.41, 5.74) is 0. The number of aliphatic hydroxyl groups excluding tert-OH is 1. The van der Waals surface area contributed by atoms with E-state index in [-0.39, 0.29) is 18.5 Å². The minimum atomic E-state index is -1.75. The number of quaternary nitrogens is 3. The number of hydrogen-bond acceptors (Lipinski definition) is 9. The first-order valence-electron chi connectivity index (χ1n) is 2.45. The largest absolute Gasteiger partial charge is 0.547 e. The smallest absolute Gasteiger partial charge is 0.0905 e. The lowest BCUT2D eigenvalue weighted by atomic mass is 10.4. The average Bonchev–Trinajstić information content (AvgIpc) is 1.87. The molecule has 0 saturated heterocycles. The highest BCUT2D eigenvalue weighted by molar-refractivity contribution is 5.68. The van der Waals surface area contributed by atoms with E-state index in [1.54, 1.807) is 0 Å². The number of aliphatic hydroxyl groups is 1. The Morgan fingerprint density at radius 2 is 1.38 bits per heavy atom. The van der Waals surface area contributed by atoms with Crippen LogP contribution in [-0.2, 0) is 4.79 Å². The topological polar surface area (TPSA) is 289 Å². The molecule has 1 atom stereocenters. The summed E-state index contributed by atoms with van der Waals surface area (Å²) >= 11 is 0. The Balaban J connectivity index is -0.0000000226. The van der Waals surface area contributed by atoms with Crippen LogP contribution in [0.4, 0.5) is 0 Å². The monoisotopic (exact) mass is 251 g/mol. The first kappa shape index (κ1) is 37.1. The summed E-state index contributed by atoms with van der Waals surface area (Å²) in [6.45, 7) is 1.13. The van der Waals surface area contributed by atoms with Gasteiger partial charge in [-0.2, -0.15) is 0 Å². The number of hydrogen-bond donors (Lipinski definition) is 4. The van der Waals surface area contributed by atoms with Crippen LogP contribution in [0.3, 0.4) is 0 Å². The van der Waals surface area contributed by atoms with Gasteiger partial charge in [-0.25, -0.2) is 0 Å². The average molecular weight is 251 g/mol. The fourth-order valence-corrected chi connectivity index (χ4v) is 0. The SMILES string of the molecule is CC(O)C(=O)[O-].O=N[O-].O=[N+]([O-])[O-].[NH4+].[NH4+].[NH4+]. The van der Waals surface area contributed by atoms with Gasteiger partial charge in [-0.05, 0) is 6.92 Å². The van der Waals surface area contributed by atoms with Crippen LogP contribution in [0.1, 0.15) is 6.92 Å². The number of rotatable bonds is 1. The Kier molecular flexibility index (Phi) is 67.8. The molecule has 0 aliphatic carbocycles. The molecule has 0 aromatic carbocycles. The lowest BCUT2D eigenvalue weighted by Crippen LogP contribution is -2.32. The molecule has 0 aliphatic rings. The molecular weight excluding hydrogens is 234 g/mol. The fraction of sp³-hybridized carbons (Fsp3) is 0.667. The second kappa shape index (κ2) is 29.3. The van der Waals surface area contributed by atoms with E-state index in [0.29, 0.717) is 0 Å². The van der Waals surface area contributed by atoms with Crippen molar-refractivity contribution in [2.45, 2.75) is 13.0 Å². The van der Waals surface area contributed by atoms with Crippen LogP contribution in [0.25, 0.3) is 0 Å². The van der Waals surface area contributed by atoms with Crippen molar-refractivity contribution in [3.63, 3.8) is 0 Å². The number of carbonyl (C=O) groups excluding carboxylic acids is 1. The Bertz CT molecular complexity index is 158. The fourth-order valence-electron chi connectivity index (χ4n) is 0. The van der Waals surface area contributed by atoms with Gasteiger partial charge in [0.25, 0.3) is 0 Å². The zero-order valence-electron chi connectivity index (χ0n) is 9.28. The van der Waals surface area contributed by atoms with Gasteiger partial charge in [-0.1, -0.05) is 0 Å². The van der Waals surface area contributed by atoms with Crippen molar-refractivity contribution in [2.24, 2.45) is 5.34 Å². The molecule has 0 fully saturated rings. The molecule has 102 valence electrons. The Morgan fingerprint density at radius 1 is 1.31 bits per heavy atom. The summed E-state index contributed by atoms with van der Waals surface area (Å²) in [4.78, 5) is 25.6. The van der Waals surface area contributed by atoms with E-state index in [4.69, 9.17) is 30.5 Å². The number of carbonyl (C=O) groups is 1. The van der Waals surface area contributed by atoms with Gasteiger partial charge in [0.15, 0.2) is 0 Å². The molecule has 0 rings (SSSR count). The Morgan fingerprint density at radius 3 is 1.38 bits per heavy atom. The lowest BCUT2D eigenvalue weighted by Gasteiger charge is -2.00. The number of aliphatic carboxylic acids is 1. The minimum Gasteiger partial charge on any atom is -0.547 e. The van der Waals surface area contributed by atoms with Gasteiger partial charge in [-0.3, -0.25) is 0 Å². The van der Waals surface area contributed by atoms with Gasteiger partial charge in [0, 0.05) is 0 Å². The maximum atomic E-state index is 9.34. The van der Waals surface area contributed by atoms with E-state index in [1.165, 1.54) is 0 Å². The van der Waals surface area contributed by atoms with Crippen molar-refractivity contribution in [1.29, 1.82) is 0 Å². The third-order valence-electron chi connectivity index (χ3n) is 0.341. The van der Waals surface area contributed by atoms with Gasteiger partial charge in [0.05, 0.1) is 17.2 Å². The maximum Gasteiger partial charge on any atom is 0.0905 e. The van der Waals surface area contributed by atoms with E-state index < -0.39 is 17.2 Å². The van der Waals surface area contributed by atoms with E-state index in [1.807, 2.05) is 0 Å². The van der Waals surface area contributed by atoms with Crippen LogP contribution in [0.15, 0.2) is 5.34 Å². The number of nitrogens with zero attached hydrogens (tertiary/aromatic N) is 2. The normalized spacial score (nSPS) is 7.38. The first-order valence-corrected chi connectivity index (χ1v) is 2.45. The molecule has 0 spiro atoms. The van der Waals surface area contributed by atoms with Crippen molar-refractivity contribution < 1.29 is 20.1 Å². The second-order valence-corrected chi connectivity index (χ2v) is 1.29. The third-order valence-corrected chi connectivity index (χ3v) is 0.341. The standard InChI is InChI=1S/C3H6O3.NO3.HNO2.3H3N/c1-2(4)3(5)6;2-1(3)4;2-1-3;;;/h2,4H,1H3,(H,5,6);;(H,2,3);3*1H3/q;-1;;;;/p+1. The predicted octanol–water partition coefficient (Wildman–Crippen LogP) is -0.743. The van der Waals surface area contributed by atoms with Crippen molar-refractivity contribution >= 4 is 5.97 Å². The zero-order valence-corrected chi connectivity index (χ0v) is 9.28. The Labute approximate surface area is 89.5 Å². The molecule has 1 unspecified atom stereocenters. The molecule has 16 heavy (non-hydrogen) atoms. The van der Waals surface area contributed by atoms with Gasteiger partial charge < -0.3 is 58.9 Å². The van der Waals surface area contributed by atoms with Crippen LogP contribution in [0.2, 0.25) is 0 Å². The number of carboxylic acids is 1. The zero-order chi connectivity index (χ0) is 11.4. The number of carboxylic acid groups (broad SMARTS) is 1. The van der Waals surface area contributed by atoms with Crippen molar-refractivity contribution in [3.8, 4) is 0 Å². The molecule has 0 aromatic heterocycles. The minimum absolute atomic E-state index is 0. The summed E-state index contributed by atoms with van der Waals surface area (Å²) in [7, 11) is 0. The molecule has 13 N–H and O–H groups in total. The molecule has 0 heterocycles. The molecule has 0 radical (unpaired) electrons. The van der Waals surface area contributed by atoms with Crippen molar-refractivity contribution in [3.05, 3.63) is 25.4 Å². The summed E-state index contributed by atoms with van der Waals surface area (Å²) in [6.07, 6.45) is -1.34. The Hall–Kier alpha value is -2.09. The van der Waals surface area contributed by atoms with Crippen LogP contribution < -0.4 is 23.6 Å². The van der Waals surface area contributed by atoms with Gasteiger partial charge >= 0.3 is 0 Å². The van der Waals surface area contributed by atoms with Gasteiger partial charge in [0.2, 0.25) is 0 Å². The quantitative estimate of drug-likeness (QED) is 0.260.